The van der Waals surface area contributed by atoms with E-state index in [0.29, 0.717) is 12.2 Å². The Morgan fingerprint density at radius 1 is 1.42 bits per heavy atom. The van der Waals surface area contributed by atoms with E-state index in [1.54, 1.807) is 13.1 Å². The Morgan fingerprint density at radius 2 is 2.12 bits per heavy atom. The molecule has 0 saturated carbocycles. The number of hydrogen-bond donors (Lipinski definition) is 1. The predicted octanol–water partition coefficient (Wildman–Crippen LogP) is 1.57. The molecular formula is C18H22FN3O2. The standard InChI is InChI=1S/C18H22FN3O2/c1-3-9-22-10-7-14(8-11-22)18(24)21(2)13-17(23)20-16-6-4-5-15(19)12-16/h1,4-6,12,14H,7-11,13H2,2H3,(H,20,23). The molecule has 128 valence electrons. The Kier molecular flexibility index (Phi) is 6.33. The van der Waals surface area contributed by atoms with Crippen LogP contribution in [0, 0.1) is 24.1 Å². The number of terminal acetylenes is 1. The van der Waals surface area contributed by atoms with Gasteiger partial charge in [-0.15, -0.1) is 6.42 Å². The summed E-state index contributed by atoms with van der Waals surface area (Å²) in [4.78, 5) is 28.0. The number of anilines is 1. The number of rotatable bonds is 5. The van der Waals surface area contributed by atoms with Gasteiger partial charge in [0.05, 0.1) is 13.1 Å². The highest BCUT2D eigenvalue weighted by Crippen LogP contribution is 2.19. The minimum atomic E-state index is -0.420. The van der Waals surface area contributed by atoms with Gasteiger partial charge in [0.15, 0.2) is 0 Å². The zero-order chi connectivity index (χ0) is 17.5. The Morgan fingerprint density at radius 3 is 2.75 bits per heavy atom. The average molecular weight is 331 g/mol. The van der Waals surface area contributed by atoms with Crippen LogP contribution in [0.3, 0.4) is 0 Å². The molecule has 0 bridgehead atoms. The predicted molar refractivity (Wildman–Crippen MR) is 90.7 cm³/mol. The first-order valence-corrected chi connectivity index (χ1v) is 7.96. The maximum atomic E-state index is 13.1. The van der Waals surface area contributed by atoms with Crippen molar-refractivity contribution < 1.29 is 14.0 Å². The third-order valence-corrected chi connectivity index (χ3v) is 4.12. The summed E-state index contributed by atoms with van der Waals surface area (Å²) < 4.78 is 13.1. The minimum absolute atomic E-state index is 0.0373. The van der Waals surface area contributed by atoms with E-state index in [9.17, 15) is 14.0 Å². The number of carbonyl (C=O) groups excluding carboxylic acids is 2. The fourth-order valence-electron chi connectivity index (χ4n) is 2.84. The summed E-state index contributed by atoms with van der Waals surface area (Å²) in [7, 11) is 1.61. The smallest absolute Gasteiger partial charge is 0.243 e. The fraction of sp³-hybridized carbons (Fsp3) is 0.444. The molecule has 1 aliphatic rings. The first-order chi connectivity index (χ1) is 11.5. The molecule has 1 N–H and O–H groups in total. The fourth-order valence-corrected chi connectivity index (χ4v) is 2.84. The first kappa shape index (κ1) is 18.0. The van der Waals surface area contributed by atoms with Crippen molar-refractivity contribution in [2.24, 2.45) is 5.92 Å². The van der Waals surface area contributed by atoms with Gasteiger partial charge in [-0.2, -0.15) is 0 Å². The highest BCUT2D eigenvalue weighted by molar-refractivity contribution is 5.94. The molecule has 1 aromatic carbocycles. The van der Waals surface area contributed by atoms with Crippen molar-refractivity contribution in [3.63, 3.8) is 0 Å². The summed E-state index contributed by atoms with van der Waals surface area (Å²) in [5, 5.41) is 2.59. The number of hydrogen-bond acceptors (Lipinski definition) is 3. The normalized spacial score (nSPS) is 15.5. The van der Waals surface area contributed by atoms with Gasteiger partial charge in [-0.1, -0.05) is 12.0 Å². The van der Waals surface area contributed by atoms with Gasteiger partial charge in [-0.25, -0.2) is 4.39 Å². The van der Waals surface area contributed by atoms with Gasteiger partial charge in [-0.05, 0) is 44.1 Å². The molecular weight excluding hydrogens is 309 g/mol. The second-order valence-electron chi connectivity index (χ2n) is 6.01. The van der Waals surface area contributed by atoms with Crippen molar-refractivity contribution in [2.45, 2.75) is 12.8 Å². The van der Waals surface area contributed by atoms with Crippen LogP contribution in [0.25, 0.3) is 0 Å². The lowest BCUT2D eigenvalue weighted by Gasteiger charge is -2.31. The number of nitrogens with one attached hydrogen (secondary N) is 1. The van der Waals surface area contributed by atoms with E-state index in [1.807, 2.05) is 0 Å². The monoisotopic (exact) mass is 331 g/mol. The Bertz CT molecular complexity index is 633. The summed E-state index contributed by atoms with van der Waals surface area (Å²) in [6, 6.07) is 5.66. The van der Waals surface area contributed by atoms with Crippen molar-refractivity contribution in [2.75, 3.05) is 38.5 Å². The lowest BCUT2D eigenvalue weighted by Crippen LogP contribution is -2.43. The van der Waals surface area contributed by atoms with Gasteiger partial charge in [0.2, 0.25) is 11.8 Å². The topological polar surface area (TPSA) is 52.7 Å². The molecule has 1 saturated heterocycles. The van der Waals surface area contributed by atoms with E-state index >= 15 is 0 Å². The molecule has 0 aromatic heterocycles. The lowest BCUT2D eigenvalue weighted by atomic mass is 9.95. The largest absolute Gasteiger partial charge is 0.336 e. The maximum absolute atomic E-state index is 13.1. The highest BCUT2D eigenvalue weighted by Gasteiger charge is 2.27. The highest BCUT2D eigenvalue weighted by atomic mass is 19.1. The van der Waals surface area contributed by atoms with Crippen LogP contribution < -0.4 is 5.32 Å². The summed E-state index contributed by atoms with van der Waals surface area (Å²) in [5.74, 6) is 1.73. The Hall–Kier alpha value is -2.39. The van der Waals surface area contributed by atoms with E-state index in [0.717, 1.165) is 25.9 Å². The van der Waals surface area contributed by atoms with Gasteiger partial charge in [-0.3, -0.25) is 14.5 Å². The molecule has 1 fully saturated rings. The zero-order valence-corrected chi connectivity index (χ0v) is 13.8. The van der Waals surface area contributed by atoms with Crippen LogP contribution in [0.5, 0.6) is 0 Å². The summed E-state index contributed by atoms with van der Waals surface area (Å²) in [6.07, 6.45) is 6.79. The molecule has 2 rings (SSSR count). The number of likely N-dealkylation sites (tertiary alicyclic amines) is 1. The quantitative estimate of drug-likeness (QED) is 0.833. The van der Waals surface area contributed by atoms with E-state index in [1.165, 1.54) is 23.1 Å². The van der Waals surface area contributed by atoms with Gasteiger partial charge in [0, 0.05) is 18.7 Å². The van der Waals surface area contributed by atoms with E-state index < -0.39 is 5.82 Å². The van der Waals surface area contributed by atoms with Crippen LogP contribution in [0.1, 0.15) is 12.8 Å². The number of carbonyl (C=O) groups is 2. The summed E-state index contributed by atoms with van der Waals surface area (Å²) in [6.45, 7) is 2.14. The molecule has 0 aliphatic carbocycles. The van der Waals surface area contributed by atoms with E-state index in [4.69, 9.17) is 6.42 Å². The number of nitrogens with zero attached hydrogens (tertiary/aromatic N) is 2. The number of amides is 2. The van der Waals surface area contributed by atoms with Gasteiger partial charge < -0.3 is 10.2 Å². The Balaban J connectivity index is 1.81. The zero-order valence-electron chi connectivity index (χ0n) is 13.8. The number of halogens is 1. The van der Waals surface area contributed by atoms with Gasteiger partial charge >= 0.3 is 0 Å². The van der Waals surface area contributed by atoms with Crippen LogP contribution in [-0.2, 0) is 9.59 Å². The number of likely N-dealkylation sites (N-methyl/N-ethyl adjacent to an activating group) is 1. The molecule has 24 heavy (non-hydrogen) atoms. The van der Waals surface area contributed by atoms with Crippen LogP contribution in [-0.4, -0.2) is 54.8 Å². The Labute approximate surface area is 141 Å². The second-order valence-corrected chi connectivity index (χ2v) is 6.01. The molecule has 0 spiro atoms. The van der Waals surface area contributed by atoms with Crippen molar-refractivity contribution in [3.05, 3.63) is 30.1 Å². The molecule has 0 radical (unpaired) electrons. The molecule has 5 nitrogen and oxygen atoms in total. The molecule has 0 unspecified atom stereocenters. The second kappa shape index (κ2) is 8.46. The van der Waals surface area contributed by atoms with Crippen LogP contribution in [0.15, 0.2) is 24.3 Å². The summed E-state index contributed by atoms with van der Waals surface area (Å²) >= 11 is 0. The molecule has 1 aromatic rings. The molecule has 2 amide bonds. The third-order valence-electron chi connectivity index (χ3n) is 4.12. The average Bonchev–Trinajstić information content (AvgIpc) is 2.55. The van der Waals surface area contributed by atoms with Crippen LogP contribution in [0.2, 0.25) is 0 Å². The maximum Gasteiger partial charge on any atom is 0.243 e. The number of benzene rings is 1. The third kappa shape index (κ3) is 5.07. The molecule has 0 atom stereocenters. The van der Waals surface area contributed by atoms with Crippen molar-refractivity contribution in [1.82, 2.24) is 9.80 Å². The van der Waals surface area contributed by atoms with Crippen LogP contribution in [0.4, 0.5) is 10.1 Å². The molecule has 1 heterocycles. The van der Waals surface area contributed by atoms with Crippen molar-refractivity contribution >= 4 is 17.5 Å². The number of piperidine rings is 1. The minimum Gasteiger partial charge on any atom is -0.336 e. The van der Waals surface area contributed by atoms with E-state index in [-0.39, 0.29) is 24.3 Å². The SMILES string of the molecule is C#CCN1CCC(C(=O)N(C)CC(=O)Nc2cccc(F)c2)CC1. The van der Waals surface area contributed by atoms with Gasteiger partial charge in [0.25, 0.3) is 0 Å². The van der Waals surface area contributed by atoms with Gasteiger partial charge in [0.1, 0.15) is 5.82 Å². The van der Waals surface area contributed by atoms with Crippen LogP contribution >= 0.6 is 0 Å². The summed E-state index contributed by atoms with van der Waals surface area (Å²) in [5.41, 5.74) is 0.378. The molecule has 1 aliphatic heterocycles. The first-order valence-electron chi connectivity index (χ1n) is 7.96. The van der Waals surface area contributed by atoms with Crippen molar-refractivity contribution in [1.29, 1.82) is 0 Å². The van der Waals surface area contributed by atoms with E-state index in [2.05, 4.69) is 16.1 Å². The van der Waals surface area contributed by atoms with Crippen molar-refractivity contribution in [3.8, 4) is 12.3 Å². The molecule has 6 heteroatoms. The lowest BCUT2D eigenvalue weighted by molar-refractivity contribution is -0.138.